The van der Waals surface area contributed by atoms with Gasteiger partial charge in [0.1, 0.15) is 17.6 Å². The fourth-order valence-electron chi connectivity index (χ4n) is 3.13. The molecule has 3 rings (SSSR count). The van der Waals surface area contributed by atoms with Gasteiger partial charge in [-0.3, -0.25) is 4.79 Å². The van der Waals surface area contributed by atoms with Crippen molar-refractivity contribution in [1.29, 1.82) is 5.26 Å². The summed E-state index contributed by atoms with van der Waals surface area (Å²) >= 11 is 0. The number of benzene rings is 1. The number of nitriles is 1. The smallest absolute Gasteiger partial charge is 0.223 e. The fourth-order valence-corrected chi connectivity index (χ4v) is 3.13. The molecule has 1 amide bonds. The lowest BCUT2D eigenvalue weighted by Crippen LogP contribution is -2.49. The van der Waals surface area contributed by atoms with Crippen molar-refractivity contribution in [3.05, 3.63) is 53.7 Å². The zero-order valence-electron chi connectivity index (χ0n) is 14.9. The number of anilines is 1. The third kappa shape index (κ3) is 4.12. The molecule has 1 aromatic heterocycles. The van der Waals surface area contributed by atoms with E-state index < -0.39 is 0 Å². The summed E-state index contributed by atoms with van der Waals surface area (Å²) in [4.78, 5) is 20.9. The lowest BCUT2D eigenvalue weighted by atomic mass is 10.1. The SMILES string of the molecule is COc1ccccc1CCC(=O)N1CCN(c2ccc(C#N)cn2)CC1. The molecule has 0 N–H and O–H groups in total. The average Bonchev–Trinajstić information content (AvgIpc) is 2.72. The van der Waals surface area contributed by atoms with Gasteiger partial charge in [0.25, 0.3) is 0 Å². The van der Waals surface area contributed by atoms with Gasteiger partial charge in [-0.1, -0.05) is 18.2 Å². The van der Waals surface area contributed by atoms with Crippen molar-refractivity contribution >= 4 is 11.7 Å². The van der Waals surface area contributed by atoms with Crippen LogP contribution >= 0.6 is 0 Å². The summed E-state index contributed by atoms with van der Waals surface area (Å²) in [7, 11) is 1.65. The number of ether oxygens (including phenoxy) is 1. The Morgan fingerprint density at radius 1 is 1.19 bits per heavy atom. The fraction of sp³-hybridized carbons (Fsp3) is 0.350. The number of rotatable bonds is 5. The zero-order valence-corrected chi connectivity index (χ0v) is 14.9. The number of aromatic nitrogens is 1. The summed E-state index contributed by atoms with van der Waals surface area (Å²) in [5.74, 6) is 1.85. The number of hydrogen-bond acceptors (Lipinski definition) is 5. The Bertz CT molecular complexity index is 790. The molecule has 0 saturated carbocycles. The van der Waals surface area contributed by atoms with Gasteiger partial charge < -0.3 is 14.5 Å². The van der Waals surface area contributed by atoms with Gasteiger partial charge in [-0.25, -0.2) is 4.98 Å². The second-order valence-corrected chi connectivity index (χ2v) is 6.20. The van der Waals surface area contributed by atoms with Crippen LogP contribution in [0.1, 0.15) is 17.5 Å². The highest BCUT2D eigenvalue weighted by molar-refractivity contribution is 5.77. The van der Waals surface area contributed by atoms with Crippen LogP contribution in [-0.2, 0) is 11.2 Å². The average molecular weight is 350 g/mol. The molecule has 6 nitrogen and oxygen atoms in total. The minimum atomic E-state index is 0.170. The molecule has 1 aliphatic heterocycles. The normalized spacial score (nSPS) is 14.0. The van der Waals surface area contributed by atoms with Crippen LogP contribution in [0.15, 0.2) is 42.6 Å². The van der Waals surface area contributed by atoms with Crippen LogP contribution in [0.2, 0.25) is 0 Å². The number of carbonyl (C=O) groups is 1. The molecule has 2 aromatic rings. The molecule has 1 saturated heterocycles. The third-order valence-electron chi connectivity index (χ3n) is 4.63. The minimum Gasteiger partial charge on any atom is -0.496 e. The van der Waals surface area contributed by atoms with Crippen molar-refractivity contribution in [2.75, 3.05) is 38.2 Å². The number of methoxy groups -OCH3 is 1. The second kappa shape index (κ2) is 8.34. The zero-order chi connectivity index (χ0) is 18.4. The van der Waals surface area contributed by atoms with Gasteiger partial charge in [0.2, 0.25) is 5.91 Å². The monoisotopic (exact) mass is 350 g/mol. The summed E-state index contributed by atoms with van der Waals surface area (Å²) in [6, 6.07) is 13.5. The van der Waals surface area contributed by atoms with Crippen molar-refractivity contribution < 1.29 is 9.53 Å². The van der Waals surface area contributed by atoms with Crippen molar-refractivity contribution in [3.63, 3.8) is 0 Å². The molecule has 1 aromatic carbocycles. The Hall–Kier alpha value is -3.07. The van der Waals surface area contributed by atoms with Gasteiger partial charge in [-0.15, -0.1) is 0 Å². The van der Waals surface area contributed by atoms with E-state index in [4.69, 9.17) is 10.00 Å². The molecule has 0 aliphatic carbocycles. The minimum absolute atomic E-state index is 0.170. The van der Waals surface area contributed by atoms with Crippen LogP contribution in [0.25, 0.3) is 0 Å². The van der Waals surface area contributed by atoms with Crippen LogP contribution < -0.4 is 9.64 Å². The number of para-hydroxylation sites is 1. The third-order valence-corrected chi connectivity index (χ3v) is 4.63. The predicted molar refractivity (Wildman–Crippen MR) is 99.1 cm³/mol. The highest BCUT2D eigenvalue weighted by Gasteiger charge is 2.21. The van der Waals surface area contributed by atoms with Crippen LogP contribution in [0, 0.1) is 11.3 Å². The molecule has 1 fully saturated rings. The standard InChI is InChI=1S/C20H22N4O2/c1-26-18-5-3-2-4-17(18)7-9-20(25)24-12-10-23(11-13-24)19-8-6-16(14-21)15-22-19/h2-6,8,15H,7,9-13H2,1H3. The summed E-state index contributed by atoms with van der Waals surface area (Å²) in [5.41, 5.74) is 1.61. The predicted octanol–water partition coefficient (Wildman–Crippen LogP) is 2.24. The first kappa shape index (κ1) is 17.7. The first-order valence-electron chi connectivity index (χ1n) is 8.72. The maximum absolute atomic E-state index is 12.5. The lowest BCUT2D eigenvalue weighted by molar-refractivity contribution is -0.131. The number of aryl methyl sites for hydroxylation is 1. The van der Waals surface area contributed by atoms with Crippen molar-refractivity contribution in [1.82, 2.24) is 9.88 Å². The van der Waals surface area contributed by atoms with Gasteiger partial charge in [-0.05, 0) is 30.2 Å². The molecule has 6 heteroatoms. The van der Waals surface area contributed by atoms with E-state index in [2.05, 4.69) is 16.0 Å². The van der Waals surface area contributed by atoms with Crippen LogP contribution in [0.3, 0.4) is 0 Å². The Labute approximate surface area is 153 Å². The van der Waals surface area contributed by atoms with Crippen molar-refractivity contribution in [2.24, 2.45) is 0 Å². The Balaban J connectivity index is 1.51. The molecule has 0 bridgehead atoms. The molecule has 2 heterocycles. The lowest BCUT2D eigenvalue weighted by Gasteiger charge is -2.35. The Morgan fingerprint density at radius 3 is 2.62 bits per heavy atom. The van der Waals surface area contributed by atoms with Gasteiger partial charge in [0.05, 0.1) is 12.7 Å². The molecule has 26 heavy (non-hydrogen) atoms. The van der Waals surface area contributed by atoms with Gasteiger partial charge in [0, 0.05) is 38.8 Å². The molecule has 0 spiro atoms. The molecule has 0 unspecified atom stereocenters. The maximum atomic E-state index is 12.5. The molecular weight excluding hydrogens is 328 g/mol. The number of carbonyl (C=O) groups excluding carboxylic acids is 1. The molecule has 1 aliphatic rings. The first-order chi connectivity index (χ1) is 12.7. The first-order valence-corrected chi connectivity index (χ1v) is 8.72. The maximum Gasteiger partial charge on any atom is 0.223 e. The molecule has 134 valence electrons. The summed E-state index contributed by atoms with van der Waals surface area (Å²) < 4.78 is 5.34. The number of amides is 1. The number of piperazine rings is 1. The number of pyridine rings is 1. The van der Waals surface area contributed by atoms with Crippen LogP contribution in [0.4, 0.5) is 5.82 Å². The van der Waals surface area contributed by atoms with Crippen LogP contribution in [0.5, 0.6) is 5.75 Å². The molecule has 0 atom stereocenters. The quantitative estimate of drug-likeness (QED) is 0.827. The highest BCUT2D eigenvalue weighted by Crippen LogP contribution is 2.20. The summed E-state index contributed by atoms with van der Waals surface area (Å²) in [6.45, 7) is 2.87. The van der Waals surface area contributed by atoms with Crippen LogP contribution in [-0.4, -0.2) is 49.1 Å². The largest absolute Gasteiger partial charge is 0.496 e. The number of hydrogen-bond donors (Lipinski definition) is 0. The van der Waals surface area contributed by atoms with Crippen molar-refractivity contribution in [3.8, 4) is 11.8 Å². The summed E-state index contributed by atoms with van der Waals surface area (Å²) in [5, 5.41) is 8.84. The van der Waals surface area contributed by atoms with Crippen molar-refractivity contribution in [2.45, 2.75) is 12.8 Å². The number of nitrogens with zero attached hydrogens (tertiary/aromatic N) is 4. The highest BCUT2D eigenvalue weighted by atomic mass is 16.5. The van der Waals surface area contributed by atoms with E-state index in [1.807, 2.05) is 35.2 Å². The topological polar surface area (TPSA) is 69.5 Å². The Morgan fingerprint density at radius 2 is 1.96 bits per heavy atom. The Kier molecular flexibility index (Phi) is 5.69. The van der Waals surface area contributed by atoms with Gasteiger partial charge >= 0.3 is 0 Å². The molecule has 0 radical (unpaired) electrons. The van der Waals surface area contributed by atoms with Gasteiger partial charge in [0.15, 0.2) is 0 Å². The summed E-state index contributed by atoms with van der Waals surface area (Å²) in [6.07, 6.45) is 2.75. The van der Waals surface area contributed by atoms with Gasteiger partial charge in [-0.2, -0.15) is 5.26 Å². The second-order valence-electron chi connectivity index (χ2n) is 6.20. The van der Waals surface area contributed by atoms with E-state index in [1.54, 1.807) is 19.4 Å². The molecular formula is C20H22N4O2. The van der Waals surface area contributed by atoms with E-state index in [-0.39, 0.29) is 5.91 Å². The van der Waals surface area contributed by atoms with E-state index >= 15 is 0 Å². The van der Waals surface area contributed by atoms with E-state index in [9.17, 15) is 4.79 Å². The van der Waals surface area contributed by atoms with E-state index in [0.717, 1.165) is 30.2 Å². The van der Waals surface area contributed by atoms with E-state index in [1.165, 1.54) is 0 Å². The van der Waals surface area contributed by atoms with E-state index in [0.29, 0.717) is 31.5 Å².